The van der Waals surface area contributed by atoms with Crippen molar-refractivity contribution in [2.24, 2.45) is 0 Å². The van der Waals surface area contributed by atoms with Crippen molar-refractivity contribution in [2.45, 2.75) is 6.10 Å². The van der Waals surface area contributed by atoms with E-state index in [1.54, 1.807) is 18.3 Å². The SMILES string of the molecule is O=C1OC(c2c[nH]c3cc(F)ccc23)c2ccccc21. The summed E-state index contributed by atoms with van der Waals surface area (Å²) in [5.41, 5.74) is 2.98. The fourth-order valence-corrected chi connectivity index (χ4v) is 2.71. The van der Waals surface area contributed by atoms with Crippen molar-refractivity contribution in [3.8, 4) is 0 Å². The van der Waals surface area contributed by atoms with E-state index in [1.165, 1.54) is 12.1 Å². The summed E-state index contributed by atoms with van der Waals surface area (Å²) in [6, 6.07) is 11.9. The van der Waals surface area contributed by atoms with Crippen LogP contribution in [0.4, 0.5) is 4.39 Å². The first-order valence-corrected chi connectivity index (χ1v) is 6.30. The Kier molecular flexibility index (Phi) is 2.21. The van der Waals surface area contributed by atoms with E-state index in [9.17, 15) is 9.18 Å². The van der Waals surface area contributed by atoms with Gasteiger partial charge in [0.15, 0.2) is 6.10 Å². The van der Waals surface area contributed by atoms with Gasteiger partial charge >= 0.3 is 5.97 Å². The third kappa shape index (κ3) is 1.48. The summed E-state index contributed by atoms with van der Waals surface area (Å²) >= 11 is 0. The van der Waals surface area contributed by atoms with E-state index in [2.05, 4.69) is 4.98 Å². The summed E-state index contributed by atoms with van der Waals surface area (Å²) in [5, 5.41) is 0.862. The number of benzene rings is 2. The van der Waals surface area contributed by atoms with Crippen molar-refractivity contribution in [1.82, 2.24) is 4.98 Å². The van der Waals surface area contributed by atoms with Crippen molar-refractivity contribution >= 4 is 16.9 Å². The zero-order valence-corrected chi connectivity index (χ0v) is 10.4. The molecule has 0 saturated heterocycles. The number of cyclic esters (lactones) is 1. The second-order valence-corrected chi connectivity index (χ2v) is 4.81. The molecule has 2 aromatic carbocycles. The molecule has 1 aliphatic rings. The molecule has 0 fully saturated rings. The standard InChI is InChI=1S/C16H10FNO2/c17-9-5-6-10-13(8-18-14(10)7-9)15-11-3-1-2-4-12(11)16(19)20-15/h1-8,15,18H. The molecular formula is C16H10FNO2. The Balaban J connectivity index is 1.91. The molecule has 1 aromatic heterocycles. The monoisotopic (exact) mass is 267 g/mol. The Hall–Kier alpha value is -2.62. The minimum absolute atomic E-state index is 0.297. The lowest BCUT2D eigenvalue weighted by Crippen LogP contribution is -1.99. The molecule has 0 bridgehead atoms. The molecular weight excluding hydrogens is 257 g/mol. The first-order valence-electron chi connectivity index (χ1n) is 6.30. The van der Waals surface area contributed by atoms with Crippen molar-refractivity contribution in [1.29, 1.82) is 0 Å². The molecule has 0 spiro atoms. The van der Waals surface area contributed by atoms with Crippen LogP contribution in [-0.4, -0.2) is 11.0 Å². The summed E-state index contributed by atoms with van der Waals surface area (Å²) in [7, 11) is 0. The minimum Gasteiger partial charge on any atom is -0.449 e. The Labute approximate surface area is 114 Å². The third-order valence-electron chi connectivity index (χ3n) is 3.65. The number of nitrogens with one attached hydrogen (secondary N) is 1. The molecule has 0 radical (unpaired) electrons. The molecule has 4 heteroatoms. The summed E-state index contributed by atoms with van der Waals surface area (Å²) in [5.74, 6) is -0.614. The smallest absolute Gasteiger partial charge is 0.339 e. The van der Waals surface area contributed by atoms with Gasteiger partial charge in [-0.3, -0.25) is 0 Å². The van der Waals surface area contributed by atoms with Gasteiger partial charge in [0.1, 0.15) is 5.82 Å². The van der Waals surface area contributed by atoms with E-state index >= 15 is 0 Å². The van der Waals surface area contributed by atoms with Crippen molar-refractivity contribution in [3.63, 3.8) is 0 Å². The van der Waals surface area contributed by atoms with Gasteiger partial charge in [0.25, 0.3) is 0 Å². The van der Waals surface area contributed by atoms with Gasteiger partial charge in [0.05, 0.1) is 5.56 Å². The van der Waals surface area contributed by atoms with Crippen LogP contribution >= 0.6 is 0 Å². The average molecular weight is 267 g/mol. The van der Waals surface area contributed by atoms with E-state index in [0.717, 1.165) is 16.5 Å². The van der Waals surface area contributed by atoms with E-state index < -0.39 is 6.10 Å². The molecule has 3 aromatic rings. The van der Waals surface area contributed by atoms with Crippen LogP contribution in [0.15, 0.2) is 48.7 Å². The molecule has 1 unspecified atom stereocenters. The maximum absolute atomic E-state index is 13.2. The number of aromatic nitrogens is 1. The van der Waals surface area contributed by atoms with Crippen molar-refractivity contribution in [2.75, 3.05) is 0 Å². The summed E-state index contributed by atoms with van der Waals surface area (Å²) in [6.45, 7) is 0. The molecule has 98 valence electrons. The van der Waals surface area contributed by atoms with Crippen LogP contribution in [0.2, 0.25) is 0 Å². The second-order valence-electron chi connectivity index (χ2n) is 4.81. The minimum atomic E-state index is -0.432. The highest BCUT2D eigenvalue weighted by molar-refractivity contribution is 5.95. The van der Waals surface area contributed by atoms with Gasteiger partial charge in [-0.25, -0.2) is 9.18 Å². The number of H-pyrrole nitrogens is 1. The first-order chi connectivity index (χ1) is 9.74. The maximum atomic E-state index is 13.2. The number of hydrogen-bond acceptors (Lipinski definition) is 2. The Morgan fingerprint density at radius 1 is 1.10 bits per heavy atom. The summed E-state index contributed by atoms with van der Waals surface area (Å²) in [4.78, 5) is 14.9. The Bertz CT molecular complexity index is 837. The number of esters is 1. The fourth-order valence-electron chi connectivity index (χ4n) is 2.71. The number of aromatic amines is 1. The highest BCUT2D eigenvalue weighted by atomic mass is 19.1. The number of carbonyl (C=O) groups is 1. The quantitative estimate of drug-likeness (QED) is 0.685. The fraction of sp³-hybridized carbons (Fsp3) is 0.0625. The second kappa shape index (κ2) is 3.93. The summed E-state index contributed by atoms with van der Waals surface area (Å²) < 4.78 is 18.7. The Morgan fingerprint density at radius 2 is 1.95 bits per heavy atom. The van der Waals surface area contributed by atoms with Crippen molar-refractivity contribution < 1.29 is 13.9 Å². The number of rotatable bonds is 1. The van der Waals surface area contributed by atoms with Crippen molar-refractivity contribution in [3.05, 3.63) is 71.2 Å². The lowest BCUT2D eigenvalue weighted by molar-refractivity contribution is 0.0458. The molecule has 0 saturated carbocycles. The molecule has 0 amide bonds. The predicted molar refractivity (Wildman–Crippen MR) is 72.0 cm³/mol. The van der Waals surface area contributed by atoms with Gasteiger partial charge in [-0.1, -0.05) is 18.2 Å². The lowest BCUT2D eigenvalue weighted by Gasteiger charge is -2.09. The third-order valence-corrected chi connectivity index (χ3v) is 3.65. The predicted octanol–water partition coefficient (Wildman–Crippen LogP) is 3.57. The van der Waals surface area contributed by atoms with Gasteiger partial charge in [-0.2, -0.15) is 0 Å². The Morgan fingerprint density at radius 3 is 2.85 bits per heavy atom. The number of halogens is 1. The number of ether oxygens (including phenoxy) is 1. The number of hydrogen-bond donors (Lipinski definition) is 1. The van der Waals surface area contributed by atoms with Crippen LogP contribution < -0.4 is 0 Å². The largest absolute Gasteiger partial charge is 0.449 e. The summed E-state index contributed by atoms with van der Waals surface area (Å²) in [6.07, 6.45) is 1.34. The van der Waals surface area contributed by atoms with Gasteiger partial charge < -0.3 is 9.72 Å². The molecule has 4 rings (SSSR count). The van der Waals surface area contributed by atoms with Crippen LogP contribution in [0.25, 0.3) is 10.9 Å². The number of carbonyl (C=O) groups excluding carboxylic acids is 1. The molecule has 0 aliphatic carbocycles. The van der Waals surface area contributed by atoms with Gasteiger partial charge in [0.2, 0.25) is 0 Å². The van der Waals surface area contributed by atoms with E-state index in [0.29, 0.717) is 11.1 Å². The van der Waals surface area contributed by atoms with Crippen LogP contribution in [-0.2, 0) is 4.74 Å². The van der Waals surface area contributed by atoms with E-state index in [1.807, 2.05) is 18.2 Å². The highest BCUT2D eigenvalue weighted by Gasteiger charge is 2.33. The topological polar surface area (TPSA) is 42.1 Å². The van der Waals surface area contributed by atoms with Crippen LogP contribution in [0.1, 0.15) is 27.6 Å². The number of fused-ring (bicyclic) bond motifs is 2. The van der Waals surface area contributed by atoms with Crippen LogP contribution in [0, 0.1) is 5.82 Å². The molecule has 20 heavy (non-hydrogen) atoms. The van der Waals surface area contributed by atoms with Crippen LogP contribution in [0.5, 0.6) is 0 Å². The van der Waals surface area contributed by atoms with Gasteiger partial charge in [0, 0.05) is 28.2 Å². The molecule has 2 heterocycles. The average Bonchev–Trinajstić information content (AvgIpc) is 3.00. The molecule has 1 aliphatic heterocycles. The maximum Gasteiger partial charge on any atom is 0.339 e. The zero-order chi connectivity index (χ0) is 13.7. The van der Waals surface area contributed by atoms with E-state index in [-0.39, 0.29) is 11.8 Å². The van der Waals surface area contributed by atoms with Gasteiger partial charge in [-0.05, 0) is 24.3 Å². The van der Waals surface area contributed by atoms with Gasteiger partial charge in [-0.15, -0.1) is 0 Å². The normalized spacial score (nSPS) is 17.2. The molecule has 1 N–H and O–H groups in total. The van der Waals surface area contributed by atoms with E-state index in [4.69, 9.17) is 4.74 Å². The molecule has 1 atom stereocenters. The molecule has 3 nitrogen and oxygen atoms in total. The zero-order valence-electron chi connectivity index (χ0n) is 10.4. The first kappa shape index (κ1) is 11.2. The lowest BCUT2D eigenvalue weighted by atomic mass is 9.99. The van der Waals surface area contributed by atoms with Crippen LogP contribution in [0.3, 0.4) is 0 Å². The highest BCUT2D eigenvalue weighted by Crippen LogP contribution is 2.38.